The summed E-state index contributed by atoms with van der Waals surface area (Å²) in [5, 5.41) is 31.8. The molecule has 0 unspecified atom stereocenters. The van der Waals surface area contributed by atoms with Gasteiger partial charge in [0.25, 0.3) is 16.9 Å². The maximum absolute atomic E-state index is 12.2. The van der Waals surface area contributed by atoms with Gasteiger partial charge in [0.2, 0.25) is 0 Å². The predicted octanol–water partition coefficient (Wildman–Crippen LogP) is 3.95. The number of aryl methyl sites for hydroxylation is 1. The Morgan fingerprint density at radius 2 is 1.94 bits per heavy atom. The number of pyridine rings is 1. The zero-order valence-corrected chi connectivity index (χ0v) is 16.9. The van der Waals surface area contributed by atoms with Crippen molar-refractivity contribution in [2.45, 2.75) is 13.5 Å². The van der Waals surface area contributed by atoms with Crippen LogP contribution in [0.4, 0.5) is 11.4 Å². The summed E-state index contributed by atoms with van der Waals surface area (Å²) in [7, 11) is 1.30. The smallest absolute Gasteiger partial charge is 0.299 e. The summed E-state index contributed by atoms with van der Waals surface area (Å²) < 4.78 is 10.6. The van der Waals surface area contributed by atoms with E-state index in [2.05, 4.69) is 4.98 Å². The van der Waals surface area contributed by atoms with Gasteiger partial charge < -0.3 is 14.1 Å². The number of methoxy groups -OCH3 is 1. The predicted molar refractivity (Wildman–Crippen MR) is 114 cm³/mol. The van der Waals surface area contributed by atoms with Crippen LogP contribution in [-0.4, -0.2) is 21.9 Å². The van der Waals surface area contributed by atoms with Gasteiger partial charge in [-0.25, -0.2) is 0 Å². The van der Waals surface area contributed by atoms with Crippen LogP contribution in [0.15, 0.2) is 39.5 Å². The molecule has 0 spiro atoms. The Morgan fingerprint density at radius 3 is 2.53 bits per heavy atom. The number of aromatic amines is 1. The summed E-state index contributed by atoms with van der Waals surface area (Å²) >= 11 is 0. The zero-order chi connectivity index (χ0) is 23.4. The van der Waals surface area contributed by atoms with Crippen LogP contribution in [0, 0.1) is 38.5 Å². The molecule has 11 nitrogen and oxygen atoms in total. The Labute approximate surface area is 180 Å². The minimum absolute atomic E-state index is 0.00984. The van der Waals surface area contributed by atoms with Gasteiger partial charge >= 0.3 is 0 Å². The minimum atomic E-state index is -0.772. The third-order valence-corrected chi connectivity index (χ3v) is 4.62. The monoisotopic (exact) mass is 436 g/mol. The largest absolute Gasteiger partial charge is 0.457 e. The van der Waals surface area contributed by atoms with E-state index in [1.165, 1.54) is 25.3 Å². The average Bonchev–Trinajstić information content (AvgIpc) is 3.21. The van der Waals surface area contributed by atoms with Gasteiger partial charge in [-0.3, -0.25) is 25.0 Å². The lowest BCUT2D eigenvalue weighted by Gasteiger charge is -2.06. The number of nitro benzene ring substituents is 1. The molecule has 1 N–H and O–H groups in total. The highest BCUT2D eigenvalue weighted by Crippen LogP contribution is 2.29. The highest BCUT2D eigenvalue weighted by molar-refractivity contribution is 5.73. The van der Waals surface area contributed by atoms with Crippen molar-refractivity contribution in [3.05, 3.63) is 89.1 Å². The number of aromatic nitrogens is 1. The van der Waals surface area contributed by atoms with Crippen molar-refractivity contribution >= 4 is 23.5 Å². The molecule has 0 amide bonds. The molecule has 162 valence electrons. The van der Waals surface area contributed by atoms with Crippen molar-refractivity contribution in [1.29, 1.82) is 5.26 Å². The molecule has 0 atom stereocenters. The topological polar surface area (TPSA) is 165 Å². The van der Waals surface area contributed by atoms with Crippen LogP contribution < -0.4 is 5.56 Å². The number of benzene rings is 1. The lowest BCUT2D eigenvalue weighted by molar-refractivity contribution is -0.386. The van der Waals surface area contributed by atoms with Crippen molar-refractivity contribution in [3.8, 4) is 17.4 Å². The Bertz CT molecular complexity index is 1350. The van der Waals surface area contributed by atoms with Crippen LogP contribution in [-0.2, 0) is 11.3 Å². The molecule has 0 saturated heterocycles. The lowest BCUT2D eigenvalue weighted by Crippen LogP contribution is -2.18. The first kappa shape index (κ1) is 22.1. The van der Waals surface area contributed by atoms with Crippen LogP contribution in [0.25, 0.3) is 23.5 Å². The van der Waals surface area contributed by atoms with E-state index in [0.29, 0.717) is 22.6 Å². The summed E-state index contributed by atoms with van der Waals surface area (Å²) in [5.74, 6) is 0.759. The molecule has 32 heavy (non-hydrogen) atoms. The molecule has 2 aromatic heterocycles. The summed E-state index contributed by atoms with van der Waals surface area (Å²) in [6.07, 6.45) is 2.71. The van der Waals surface area contributed by atoms with E-state index in [0.717, 1.165) is 0 Å². The number of hydrogen-bond donors (Lipinski definition) is 1. The van der Waals surface area contributed by atoms with Crippen molar-refractivity contribution in [2.24, 2.45) is 0 Å². The number of nitriles is 1. The molecule has 0 radical (unpaired) electrons. The molecule has 0 fully saturated rings. The van der Waals surface area contributed by atoms with Crippen molar-refractivity contribution in [2.75, 3.05) is 7.11 Å². The summed E-state index contributed by atoms with van der Waals surface area (Å²) in [6.45, 7) is 1.33. The Kier molecular flexibility index (Phi) is 6.27. The first-order valence-electron chi connectivity index (χ1n) is 9.12. The van der Waals surface area contributed by atoms with Crippen LogP contribution in [0.1, 0.15) is 28.1 Å². The quantitative estimate of drug-likeness (QED) is 0.429. The van der Waals surface area contributed by atoms with Gasteiger partial charge in [-0.05, 0) is 43.3 Å². The molecular weight excluding hydrogens is 420 g/mol. The number of nitrogens with zero attached hydrogens (tertiary/aromatic N) is 3. The number of H-pyrrole nitrogens is 1. The second kappa shape index (κ2) is 9.07. The molecule has 2 heterocycles. The number of nitrogens with one attached hydrogen (secondary N) is 1. The fourth-order valence-corrected chi connectivity index (χ4v) is 3.17. The number of furan rings is 1. The van der Waals surface area contributed by atoms with E-state index in [9.17, 15) is 30.3 Å². The standard InChI is InChI=1S/C21H16N4O7/c1-12-9-13(3-7-18(12)24(27)28)19-8-5-14(32-19)4-6-17-20(25(29)30)16(11-31-2)15(10-22)21(26)23-17/h3-9H,11H2,1-2H3,(H,23,26). The SMILES string of the molecule is COCc1c([N+](=O)[O-])c(C=Cc2ccc(-c3ccc([N+](=O)[O-])c(C)c3)o2)[nH]c(=O)c1C#N. The molecule has 0 aliphatic carbocycles. The fourth-order valence-electron chi connectivity index (χ4n) is 3.17. The van der Waals surface area contributed by atoms with E-state index < -0.39 is 21.1 Å². The van der Waals surface area contributed by atoms with Gasteiger partial charge in [-0.1, -0.05) is 0 Å². The van der Waals surface area contributed by atoms with Crippen molar-refractivity contribution in [1.82, 2.24) is 4.98 Å². The summed E-state index contributed by atoms with van der Waals surface area (Å²) in [5.41, 5.74) is -0.761. The van der Waals surface area contributed by atoms with Gasteiger partial charge in [0.1, 0.15) is 28.8 Å². The molecule has 0 saturated carbocycles. The lowest BCUT2D eigenvalue weighted by atomic mass is 10.1. The number of ether oxygens (including phenoxy) is 1. The van der Waals surface area contributed by atoms with Crippen LogP contribution >= 0.6 is 0 Å². The Morgan fingerprint density at radius 1 is 1.19 bits per heavy atom. The van der Waals surface area contributed by atoms with Gasteiger partial charge in [0.05, 0.1) is 22.0 Å². The van der Waals surface area contributed by atoms with E-state index in [4.69, 9.17) is 9.15 Å². The summed E-state index contributed by atoms with van der Waals surface area (Å²) in [6, 6.07) is 9.47. The van der Waals surface area contributed by atoms with Crippen LogP contribution in [0.3, 0.4) is 0 Å². The van der Waals surface area contributed by atoms with E-state index in [1.807, 2.05) is 0 Å². The second-order valence-electron chi connectivity index (χ2n) is 6.67. The molecular formula is C21H16N4O7. The summed E-state index contributed by atoms with van der Waals surface area (Å²) in [4.78, 5) is 35.9. The van der Waals surface area contributed by atoms with E-state index in [-0.39, 0.29) is 29.1 Å². The highest BCUT2D eigenvalue weighted by atomic mass is 16.6. The van der Waals surface area contributed by atoms with Gasteiger partial charge in [-0.2, -0.15) is 5.26 Å². The van der Waals surface area contributed by atoms with Crippen molar-refractivity contribution in [3.63, 3.8) is 0 Å². The maximum atomic E-state index is 12.2. The maximum Gasteiger partial charge on any atom is 0.299 e. The normalized spacial score (nSPS) is 10.9. The molecule has 0 bridgehead atoms. The third kappa shape index (κ3) is 4.30. The average molecular weight is 436 g/mol. The second-order valence-corrected chi connectivity index (χ2v) is 6.67. The van der Waals surface area contributed by atoms with Crippen LogP contribution in [0.5, 0.6) is 0 Å². The molecule has 1 aromatic carbocycles. The van der Waals surface area contributed by atoms with Gasteiger partial charge in [0.15, 0.2) is 0 Å². The first-order valence-corrected chi connectivity index (χ1v) is 9.12. The number of hydrogen-bond acceptors (Lipinski definition) is 8. The number of nitro groups is 2. The Hall–Kier alpha value is -4.56. The number of rotatable bonds is 7. The zero-order valence-electron chi connectivity index (χ0n) is 16.9. The van der Waals surface area contributed by atoms with E-state index >= 15 is 0 Å². The third-order valence-electron chi connectivity index (χ3n) is 4.62. The van der Waals surface area contributed by atoms with E-state index in [1.54, 1.807) is 37.3 Å². The van der Waals surface area contributed by atoms with Crippen LogP contribution in [0.2, 0.25) is 0 Å². The van der Waals surface area contributed by atoms with Crippen molar-refractivity contribution < 1.29 is 19.0 Å². The molecule has 11 heteroatoms. The molecule has 0 aliphatic rings. The molecule has 3 aromatic rings. The molecule has 3 rings (SSSR count). The van der Waals surface area contributed by atoms with Gasteiger partial charge in [-0.15, -0.1) is 0 Å². The Balaban J connectivity index is 1.99. The molecule has 0 aliphatic heterocycles. The van der Waals surface area contributed by atoms with Gasteiger partial charge in [0, 0.05) is 24.3 Å². The highest BCUT2D eigenvalue weighted by Gasteiger charge is 2.25. The minimum Gasteiger partial charge on any atom is -0.457 e. The fraction of sp³-hybridized carbons (Fsp3) is 0.143. The first-order chi connectivity index (χ1) is 15.3.